The van der Waals surface area contributed by atoms with Gasteiger partial charge in [0.05, 0.1) is 4.32 Å². The van der Waals surface area contributed by atoms with Crippen molar-refractivity contribution in [3.63, 3.8) is 0 Å². The Morgan fingerprint density at radius 2 is 2.07 bits per heavy atom. The van der Waals surface area contributed by atoms with Crippen molar-refractivity contribution in [2.24, 2.45) is 0 Å². The largest absolute Gasteiger partial charge is 0.325 e. The first kappa shape index (κ1) is 11.7. The molecule has 0 saturated carbocycles. The van der Waals surface area contributed by atoms with Gasteiger partial charge in [-0.2, -0.15) is 0 Å². The first-order chi connectivity index (χ1) is 6.39. The van der Waals surface area contributed by atoms with Gasteiger partial charge in [-0.15, -0.1) is 0 Å². The van der Waals surface area contributed by atoms with Crippen molar-refractivity contribution in [3.05, 3.63) is 28.7 Å². The Balaban J connectivity index is 2.75. The molecule has 0 aromatic heterocycles. The van der Waals surface area contributed by atoms with Crippen LogP contribution in [0.5, 0.6) is 0 Å². The van der Waals surface area contributed by atoms with Crippen LogP contribution in [-0.2, 0) is 4.79 Å². The summed E-state index contributed by atoms with van der Waals surface area (Å²) in [5.74, 6) is -0.0596. The minimum Gasteiger partial charge on any atom is -0.325 e. The van der Waals surface area contributed by atoms with Crippen LogP contribution in [-0.4, -0.2) is 10.2 Å². The first-order valence-electron chi connectivity index (χ1n) is 4.15. The summed E-state index contributed by atoms with van der Waals surface area (Å²) in [6.07, 6.45) is 0. The second-order valence-corrected chi connectivity index (χ2v) is 6.34. The molecule has 0 aliphatic carbocycles. The summed E-state index contributed by atoms with van der Waals surface area (Å²) in [5.41, 5.74) is 0.789. The topological polar surface area (TPSA) is 29.1 Å². The highest BCUT2D eigenvalue weighted by Crippen LogP contribution is 2.20. The molecule has 2 nitrogen and oxygen atoms in total. The molecule has 1 rings (SSSR count). The zero-order valence-electron chi connectivity index (χ0n) is 7.97. The van der Waals surface area contributed by atoms with Crippen LogP contribution in [0, 0.1) is 0 Å². The molecule has 0 radical (unpaired) electrons. The second kappa shape index (κ2) is 4.45. The molecular formula is C10H11Br2NO. The Labute approximate surface area is 100 Å². The lowest BCUT2D eigenvalue weighted by Crippen LogP contribution is -2.30. The van der Waals surface area contributed by atoms with Gasteiger partial charge in [-0.3, -0.25) is 4.79 Å². The predicted octanol–water partition coefficient (Wildman–Crippen LogP) is 3.56. The van der Waals surface area contributed by atoms with Gasteiger partial charge >= 0.3 is 0 Å². The van der Waals surface area contributed by atoms with E-state index in [1.165, 1.54) is 0 Å². The molecule has 0 saturated heterocycles. The van der Waals surface area contributed by atoms with Gasteiger partial charge in [0, 0.05) is 10.2 Å². The summed E-state index contributed by atoms with van der Waals surface area (Å²) < 4.78 is 0.401. The van der Waals surface area contributed by atoms with Crippen molar-refractivity contribution in [1.82, 2.24) is 0 Å². The van der Waals surface area contributed by atoms with E-state index in [1.807, 2.05) is 24.3 Å². The highest BCUT2D eigenvalue weighted by Gasteiger charge is 2.23. The van der Waals surface area contributed by atoms with Gasteiger partial charge in [0.1, 0.15) is 0 Å². The van der Waals surface area contributed by atoms with Crippen molar-refractivity contribution in [2.45, 2.75) is 18.2 Å². The van der Waals surface area contributed by atoms with Crippen LogP contribution in [0.2, 0.25) is 0 Å². The molecule has 0 aliphatic heterocycles. The number of amides is 1. The maximum atomic E-state index is 11.6. The molecule has 0 unspecified atom stereocenters. The number of rotatable bonds is 2. The Morgan fingerprint density at radius 1 is 1.43 bits per heavy atom. The molecule has 1 aromatic carbocycles. The van der Waals surface area contributed by atoms with Crippen molar-refractivity contribution in [1.29, 1.82) is 0 Å². The maximum absolute atomic E-state index is 11.6. The molecular weight excluding hydrogens is 310 g/mol. The molecule has 0 aliphatic rings. The van der Waals surface area contributed by atoms with Crippen LogP contribution in [0.15, 0.2) is 28.7 Å². The molecule has 76 valence electrons. The van der Waals surface area contributed by atoms with E-state index in [-0.39, 0.29) is 5.91 Å². The molecule has 0 heterocycles. The predicted molar refractivity (Wildman–Crippen MR) is 65.8 cm³/mol. The van der Waals surface area contributed by atoms with Crippen LogP contribution >= 0.6 is 31.9 Å². The van der Waals surface area contributed by atoms with E-state index in [0.29, 0.717) is 0 Å². The van der Waals surface area contributed by atoms with E-state index < -0.39 is 4.32 Å². The molecule has 0 atom stereocenters. The number of halogens is 2. The summed E-state index contributed by atoms with van der Waals surface area (Å²) in [6.45, 7) is 3.61. The quantitative estimate of drug-likeness (QED) is 0.829. The van der Waals surface area contributed by atoms with Crippen molar-refractivity contribution < 1.29 is 4.79 Å². The summed E-state index contributed by atoms with van der Waals surface area (Å²) in [7, 11) is 0. The average molecular weight is 321 g/mol. The molecule has 4 heteroatoms. The smallest absolute Gasteiger partial charge is 0.240 e. The summed E-state index contributed by atoms with van der Waals surface area (Å²) in [4.78, 5) is 11.6. The van der Waals surface area contributed by atoms with E-state index in [9.17, 15) is 4.79 Å². The Kier molecular flexibility index (Phi) is 3.72. The van der Waals surface area contributed by atoms with E-state index >= 15 is 0 Å². The van der Waals surface area contributed by atoms with Crippen LogP contribution in [0.25, 0.3) is 0 Å². The van der Waals surface area contributed by atoms with Gasteiger partial charge in [0.15, 0.2) is 0 Å². The van der Waals surface area contributed by atoms with Gasteiger partial charge in [-0.25, -0.2) is 0 Å². The zero-order chi connectivity index (χ0) is 10.8. The van der Waals surface area contributed by atoms with Crippen molar-refractivity contribution in [3.8, 4) is 0 Å². The van der Waals surface area contributed by atoms with Crippen LogP contribution in [0.1, 0.15) is 13.8 Å². The lowest BCUT2D eigenvalue weighted by Gasteiger charge is -2.15. The zero-order valence-corrected chi connectivity index (χ0v) is 11.1. The minimum absolute atomic E-state index is 0.0596. The van der Waals surface area contributed by atoms with Gasteiger partial charge < -0.3 is 5.32 Å². The summed E-state index contributed by atoms with van der Waals surface area (Å²) in [6, 6.07) is 7.49. The van der Waals surface area contributed by atoms with Gasteiger partial charge in [0.25, 0.3) is 0 Å². The Morgan fingerprint density at radius 3 is 2.57 bits per heavy atom. The second-order valence-electron chi connectivity index (χ2n) is 3.44. The van der Waals surface area contributed by atoms with E-state index in [1.54, 1.807) is 13.8 Å². The lowest BCUT2D eigenvalue weighted by atomic mass is 10.2. The third-order valence-corrected chi connectivity index (χ3v) is 2.48. The van der Waals surface area contributed by atoms with E-state index in [2.05, 4.69) is 37.2 Å². The van der Waals surface area contributed by atoms with Gasteiger partial charge in [0.2, 0.25) is 5.91 Å². The van der Waals surface area contributed by atoms with Crippen molar-refractivity contribution in [2.75, 3.05) is 5.32 Å². The fourth-order valence-electron chi connectivity index (χ4n) is 0.846. The molecule has 0 spiro atoms. The fraction of sp³-hybridized carbons (Fsp3) is 0.300. The number of hydrogen-bond donors (Lipinski definition) is 1. The van der Waals surface area contributed by atoms with Crippen molar-refractivity contribution >= 4 is 43.5 Å². The number of carbonyl (C=O) groups is 1. The molecule has 0 bridgehead atoms. The summed E-state index contributed by atoms with van der Waals surface area (Å²) >= 11 is 6.64. The highest BCUT2D eigenvalue weighted by molar-refractivity contribution is 9.10. The van der Waals surface area contributed by atoms with E-state index in [0.717, 1.165) is 10.2 Å². The van der Waals surface area contributed by atoms with Crippen LogP contribution < -0.4 is 5.32 Å². The molecule has 14 heavy (non-hydrogen) atoms. The van der Waals surface area contributed by atoms with Gasteiger partial charge in [-0.1, -0.05) is 37.9 Å². The molecule has 1 amide bonds. The minimum atomic E-state index is -0.546. The van der Waals surface area contributed by atoms with Crippen LogP contribution in [0.4, 0.5) is 5.69 Å². The molecule has 0 fully saturated rings. The fourth-order valence-corrected chi connectivity index (χ4v) is 1.34. The van der Waals surface area contributed by atoms with E-state index in [4.69, 9.17) is 0 Å². The highest BCUT2D eigenvalue weighted by atomic mass is 79.9. The summed E-state index contributed by atoms with van der Waals surface area (Å²) in [5, 5.41) is 2.81. The molecule has 1 N–H and O–H groups in total. The SMILES string of the molecule is CC(C)(Br)C(=O)Nc1cccc(Br)c1. The third kappa shape index (κ3) is 3.42. The number of nitrogens with one attached hydrogen (secondary N) is 1. The average Bonchev–Trinajstić information content (AvgIpc) is 2.02. The molecule has 1 aromatic rings. The monoisotopic (exact) mass is 319 g/mol. The number of carbonyl (C=O) groups excluding carboxylic acids is 1. The third-order valence-electron chi connectivity index (χ3n) is 1.62. The van der Waals surface area contributed by atoms with Gasteiger partial charge in [-0.05, 0) is 32.0 Å². The number of hydrogen-bond acceptors (Lipinski definition) is 1. The Hall–Kier alpha value is -0.350. The normalized spacial score (nSPS) is 11.1. The lowest BCUT2D eigenvalue weighted by molar-refractivity contribution is -0.117. The number of benzene rings is 1. The van der Waals surface area contributed by atoms with Crippen LogP contribution in [0.3, 0.4) is 0 Å². The maximum Gasteiger partial charge on any atom is 0.240 e. The number of alkyl halides is 1. The first-order valence-corrected chi connectivity index (χ1v) is 5.74. The standard InChI is InChI=1S/C10H11Br2NO/c1-10(2,12)9(14)13-8-5-3-4-7(11)6-8/h3-6H,1-2H3,(H,13,14). The number of anilines is 1. The Bertz CT molecular complexity index is 344.